The predicted molar refractivity (Wildman–Crippen MR) is 110 cm³/mol. The number of Topliss-reactive ketones (excluding diaryl/α,β-unsaturated/α-hetero) is 1. The molecule has 0 unspecified atom stereocenters. The maximum Gasteiger partial charge on any atom is 0.264 e. The molecule has 1 heterocycles. The van der Waals surface area contributed by atoms with Gasteiger partial charge in [-0.1, -0.05) is 23.7 Å². The molecule has 0 aliphatic carbocycles. The number of methoxy groups -OCH3 is 1. The summed E-state index contributed by atoms with van der Waals surface area (Å²) in [6, 6.07) is 14.8. The summed E-state index contributed by atoms with van der Waals surface area (Å²) in [6.45, 7) is 0. The molecule has 1 aromatic heterocycles. The SMILES string of the molecule is COc1ccc(Cl)cc1C(=O)CCC(=O)Nc1cccc(-c2ccc(=O)[nH]n2)c1. The van der Waals surface area contributed by atoms with Gasteiger partial charge in [0.2, 0.25) is 5.91 Å². The quantitative estimate of drug-likeness (QED) is 0.577. The Labute approximate surface area is 171 Å². The highest BCUT2D eigenvalue weighted by atomic mass is 35.5. The van der Waals surface area contributed by atoms with E-state index in [2.05, 4.69) is 15.5 Å². The molecule has 0 saturated carbocycles. The second-order valence-corrected chi connectivity index (χ2v) is 6.64. The molecular formula is C21H18ClN3O4. The number of ketones is 1. The van der Waals surface area contributed by atoms with E-state index in [1.165, 1.54) is 19.2 Å². The summed E-state index contributed by atoms with van der Waals surface area (Å²) < 4.78 is 5.18. The minimum Gasteiger partial charge on any atom is -0.496 e. The fourth-order valence-corrected chi connectivity index (χ4v) is 2.92. The van der Waals surface area contributed by atoms with Gasteiger partial charge in [0.15, 0.2) is 5.78 Å². The predicted octanol–water partition coefficient (Wildman–Crippen LogP) is 3.70. The molecule has 8 heteroatoms. The fraction of sp³-hybridized carbons (Fsp3) is 0.143. The van der Waals surface area contributed by atoms with Crippen LogP contribution < -0.4 is 15.6 Å². The Bertz CT molecular complexity index is 1090. The molecule has 0 saturated heterocycles. The number of amides is 1. The highest BCUT2D eigenvalue weighted by Crippen LogP contribution is 2.24. The van der Waals surface area contributed by atoms with Crippen LogP contribution in [0, 0.1) is 0 Å². The molecule has 0 aliphatic rings. The number of H-pyrrole nitrogens is 1. The summed E-state index contributed by atoms with van der Waals surface area (Å²) in [5, 5.41) is 9.52. The molecule has 3 rings (SSSR count). The Balaban J connectivity index is 1.63. The summed E-state index contributed by atoms with van der Waals surface area (Å²) in [5.41, 5.74) is 1.93. The Kier molecular flexibility index (Phi) is 6.41. The van der Waals surface area contributed by atoms with Crippen molar-refractivity contribution in [2.24, 2.45) is 0 Å². The van der Waals surface area contributed by atoms with Gasteiger partial charge in [0, 0.05) is 35.2 Å². The summed E-state index contributed by atoms with van der Waals surface area (Å²) in [7, 11) is 1.47. The second-order valence-electron chi connectivity index (χ2n) is 6.20. The topological polar surface area (TPSA) is 101 Å². The highest BCUT2D eigenvalue weighted by molar-refractivity contribution is 6.31. The maximum absolute atomic E-state index is 12.4. The molecule has 2 N–H and O–H groups in total. The van der Waals surface area contributed by atoms with Gasteiger partial charge >= 0.3 is 0 Å². The Morgan fingerprint density at radius 2 is 1.93 bits per heavy atom. The second kappa shape index (κ2) is 9.16. The molecule has 1 amide bonds. The largest absolute Gasteiger partial charge is 0.496 e. The van der Waals surface area contributed by atoms with Gasteiger partial charge in [-0.3, -0.25) is 14.4 Å². The van der Waals surface area contributed by atoms with E-state index in [1.807, 2.05) is 6.07 Å². The molecule has 0 spiro atoms. The fourth-order valence-electron chi connectivity index (χ4n) is 2.74. The number of halogens is 1. The van der Waals surface area contributed by atoms with Crippen molar-refractivity contribution in [1.82, 2.24) is 10.2 Å². The van der Waals surface area contributed by atoms with E-state index in [4.69, 9.17) is 16.3 Å². The van der Waals surface area contributed by atoms with Gasteiger partial charge in [-0.05, 0) is 36.4 Å². The molecular weight excluding hydrogens is 394 g/mol. The molecule has 0 bridgehead atoms. The van der Waals surface area contributed by atoms with Crippen LogP contribution in [-0.4, -0.2) is 29.0 Å². The molecule has 3 aromatic rings. The van der Waals surface area contributed by atoms with Crippen molar-refractivity contribution in [1.29, 1.82) is 0 Å². The van der Waals surface area contributed by atoms with Crippen LogP contribution in [0.1, 0.15) is 23.2 Å². The first-order chi connectivity index (χ1) is 14.0. The van der Waals surface area contributed by atoms with Crippen LogP contribution in [0.4, 0.5) is 5.69 Å². The molecule has 0 aliphatic heterocycles. The monoisotopic (exact) mass is 411 g/mol. The van der Waals surface area contributed by atoms with Gasteiger partial charge in [-0.25, -0.2) is 5.10 Å². The molecule has 29 heavy (non-hydrogen) atoms. The third-order valence-corrected chi connectivity index (χ3v) is 4.40. The van der Waals surface area contributed by atoms with Crippen LogP contribution in [0.2, 0.25) is 5.02 Å². The van der Waals surface area contributed by atoms with E-state index >= 15 is 0 Å². The summed E-state index contributed by atoms with van der Waals surface area (Å²) in [5.74, 6) is -0.113. The van der Waals surface area contributed by atoms with Gasteiger partial charge in [0.25, 0.3) is 5.56 Å². The maximum atomic E-state index is 12.4. The number of nitrogens with zero attached hydrogens (tertiary/aromatic N) is 1. The number of carbonyl (C=O) groups excluding carboxylic acids is 2. The highest BCUT2D eigenvalue weighted by Gasteiger charge is 2.15. The third kappa shape index (κ3) is 5.30. The number of ether oxygens (including phenoxy) is 1. The van der Waals surface area contributed by atoms with Gasteiger partial charge in [-0.2, -0.15) is 5.10 Å². The average Bonchev–Trinajstić information content (AvgIpc) is 2.72. The molecule has 2 aromatic carbocycles. The zero-order valence-corrected chi connectivity index (χ0v) is 16.3. The number of anilines is 1. The Morgan fingerprint density at radius 1 is 1.10 bits per heavy atom. The number of aromatic amines is 1. The van der Waals surface area contributed by atoms with Crippen LogP contribution in [0.5, 0.6) is 5.75 Å². The smallest absolute Gasteiger partial charge is 0.264 e. The first-order valence-electron chi connectivity index (χ1n) is 8.79. The number of carbonyl (C=O) groups is 2. The number of rotatable bonds is 7. The lowest BCUT2D eigenvalue weighted by molar-refractivity contribution is -0.116. The Hall–Kier alpha value is -3.45. The minimum absolute atomic E-state index is 0.00956. The van der Waals surface area contributed by atoms with Crippen molar-refractivity contribution in [3.05, 3.63) is 75.5 Å². The van der Waals surface area contributed by atoms with Gasteiger partial charge < -0.3 is 10.1 Å². The molecule has 7 nitrogen and oxygen atoms in total. The van der Waals surface area contributed by atoms with E-state index in [1.54, 1.807) is 36.4 Å². The number of hydrogen-bond donors (Lipinski definition) is 2. The van der Waals surface area contributed by atoms with E-state index < -0.39 is 0 Å². The number of hydrogen-bond acceptors (Lipinski definition) is 5. The van der Waals surface area contributed by atoms with E-state index in [0.717, 1.165) is 5.56 Å². The molecule has 0 atom stereocenters. The Morgan fingerprint density at radius 3 is 2.66 bits per heavy atom. The standard InChI is InChI=1S/C21H18ClN3O4/c1-29-19-8-5-14(22)12-16(19)18(26)7-10-20(27)23-15-4-2-3-13(11-15)17-6-9-21(28)25-24-17/h2-6,8-9,11-12H,7,10H2,1H3,(H,23,27)(H,25,28). The molecule has 0 radical (unpaired) electrons. The van der Waals surface area contributed by atoms with Crippen molar-refractivity contribution in [2.75, 3.05) is 12.4 Å². The van der Waals surface area contributed by atoms with Crippen LogP contribution in [-0.2, 0) is 4.79 Å². The summed E-state index contributed by atoms with van der Waals surface area (Å²) in [6.07, 6.45) is 0.0271. The van der Waals surface area contributed by atoms with Crippen LogP contribution >= 0.6 is 11.6 Å². The number of benzene rings is 2. The zero-order valence-electron chi connectivity index (χ0n) is 15.6. The van der Waals surface area contributed by atoms with Gasteiger partial charge in [0.05, 0.1) is 18.4 Å². The van der Waals surface area contributed by atoms with E-state index in [-0.39, 0.29) is 30.1 Å². The van der Waals surface area contributed by atoms with Gasteiger partial charge in [0.1, 0.15) is 5.75 Å². The van der Waals surface area contributed by atoms with E-state index in [0.29, 0.717) is 27.7 Å². The first-order valence-corrected chi connectivity index (χ1v) is 9.17. The lowest BCUT2D eigenvalue weighted by Crippen LogP contribution is -2.14. The van der Waals surface area contributed by atoms with Crippen LogP contribution in [0.25, 0.3) is 11.3 Å². The lowest BCUT2D eigenvalue weighted by Gasteiger charge is -2.09. The van der Waals surface area contributed by atoms with Crippen molar-refractivity contribution in [2.45, 2.75) is 12.8 Å². The minimum atomic E-state index is -0.300. The molecule has 148 valence electrons. The van der Waals surface area contributed by atoms with Crippen molar-refractivity contribution in [3.8, 4) is 17.0 Å². The van der Waals surface area contributed by atoms with Crippen LogP contribution in [0.15, 0.2) is 59.4 Å². The van der Waals surface area contributed by atoms with Crippen molar-refractivity contribution < 1.29 is 14.3 Å². The summed E-state index contributed by atoms with van der Waals surface area (Å²) in [4.78, 5) is 35.9. The van der Waals surface area contributed by atoms with Crippen LogP contribution in [0.3, 0.4) is 0 Å². The third-order valence-electron chi connectivity index (χ3n) is 4.16. The molecule has 0 fully saturated rings. The zero-order chi connectivity index (χ0) is 20.8. The van der Waals surface area contributed by atoms with Crippen molar-refractivity contribution >= 4 is 29.0 Å². The van der Waals surface area contributed by atoms with Gasteiger partial charge in [-0.15, -0.1) is 0 Å². The van der Waals surface area contributed by atoms with Crippen molar-refractivity contribution in [3.63, 3.8) is 0 Å². The normalized spacial score (nSPS) is 10.4. The lowest BCUT2D eigenvalue weighted by atomic mass is 10.1. The number of nitrogens with one attached hydrogen (secondary N) is 2. The summed E-state index contributed by atoms with van der Waals surface area (Å²) >= 11 is 5.95. The van der Waals surface area contributed by atoms with E-state index in [9.17, 15) is 14.4 Å². The first kappa shape index (κ1) is 20.3. The number of aromatic nitrogens is 2. The average molecular weight is 412 g/mol.